The summed E-state index contributed by atoms with van der Waals surface area (Å²) in [5.41, 5.74) is 0. The minimum Gasteiger partial charge on any atom is -0.347 e. The number of nitrogens with one attached hydrogen (secondary N) is 2. The quantitative estimate of drug-likeness (QED) is 0.908. The number of aryl methyl sites for hydroxylation is 1. The molecule has 86 valence electrons. The van der Waals surface area contributed by atoms with E-state index in [-0.39, 0.29) is 6.04 Å². The fourth-order valence-corrected chi connectivity index (χ4v) is 3.02. The van der Waals surface area contributed by atoms with Crippen LogP contribution in [0.5, 0.6) is 0 Å². The first-order valence-corrected chi connectivity index (χ1v) is 6.75. The summed E-state index contributed by atoms with van der Waals surface area (Å²) in [5.74, 6) is 0.979. The van der Waals surface area contributed by atoms with Crippen molar-refractivity contribution < 1.29 is 0 Å². The SMILES string of the molecule is Cc1sc(CNC(C)c2ncc[nH]2)cc1Br. The zero-order chi connectivity index (χ0) is 11.5. The van der Waals surface area contributed by atoms with Crippen LogP contribution in [0.2, 0.25) is 0 Å². The van der Waals surface area contributed by atoms with Gasteiger partial charge in [-0.2, -0.15) is 0 Å². The van der Waals surface area contributed by atoms with Crippen molar-refractivity contribution in [2.24, 2.45) is 0 Å². The highest BCUT2D eigenvalue weighted by atomic mass is 79.9. The summed E-state index contributed by atoms with van der Waals surface area (Å²) < 4.78 is 1.19. The van der Waals surface area contributed by atoms with Crippen molar-refractivity contribution in [2.45, 2.75) is 26.4 Å². The fourth-order valence-electron chi connectivity index (χ4n) is 1.47. The van der Waals surface area contributed by atoms with Gasteiger partial charge >= 0.3 is 0 Å². The van der Waals surface area contributed by atoms with Gasteiger partial charge in [-0.25, -0.2) is 4.98 Å². The second-order valence-electron chi connectivity index (χ2n) is 3.69. The molecule has 0 bridgehead atoms. The van der Waals surface area contributed by atoms with Gasteiger partial charge in [0, 0.05) is 33.2 Å². The highest BCUT2D eigenvalue weighted by molar-refractivity contribution is 9.10. The Morgan fingerprint density at radius 1 is 1.62 bits per heavy atom. The van der Waals surface area contributed by atoms with Crippen LogP contribution in [0.25, 0.3) is 0 Å². The molecular formula is C11H14BrN3S. The van der Waals surface area contributed by atoms with Crippen LogP contribution in [0.15, 0.2) is 22.9 Å². The van der Waals surface area contributed by atoms with Gasteiger partial charge in [0.2, 0.25) is 0 Å². The minimum absolute atomic E-state index is 0.246. The molecule has 0 radical (unpaired) electrons. The van der Waals surface area contributed by atoms with Crippen LogP contribution in [0.4, 0.5) is 0 Å². The summed E-state index contributed by atoms with van der Waals surface area (Å²) >= 11 is 5.34. The maximum absolute atomic E-state index is 4.23. The number of hydrogen-bond donors (Lipinski definition) is 2. The van der Waals surface area contributed by atoms with Crippen LogP contribution in [-0.2, 0) is 6.54 Å². The van der Waals surface area contributed by atoms with Gasteiger partial charge in [0.1, 0.15) is 5.82 Å². The standard InChI is InChI=1S/C11H14BrN3S/c1-7(11-13-3-4-14-11)15-6-9-5-10(12)8(2)16-9/h3-5,7,15H,6H2,1-2H3,(H,13,14). The number of imidazole rings is 1. The van der Waals surface area contributed by atoms with Crippen molar-refractivity contribution in [3.8, 4) is 0 Å². The lowest BCUT2D eigenvalue weighted by Crippen LogP contribution is -2.18. The van der Waals surface area contributed by atoms with Crippen molar-refractivity contribution in [3.63, 3.8) is 0 Å². The third kappa shape index (κ3) is 2.72. The number of halogens is 1. The molecule has 2 aromatic heterocycles. The first-order valence-electron chi connectivity index (χ1n) is 5.14. The Balaban J connectivity index is 1.92. The predicted molar refractivity (Wildman–Crippen MR) is 70.6 cm³/mol. The second-order valence-corrected chi connectivity index (χ2v) is 5.89. The van der Waals surface area contributed by atoms with E-state index in [0.717, 1.165) is 12.4 Å². The normalized spacial score (nSPS) is 12.9. The number of H-pyrrole nitrogens is 1. The number of nitrogens with zero attached hydrogens (tertiary/aromatic N) is 1. The molecule has 0 aromatic carbocycles. The number of aromatic amines is 1. The van der Waals surface area contributed by atoms with Gasteiger partial charge in [-0.05, 0) is 35.8 Å². The molecule has 0 spiro atoms. The first-order chi connectivity index (χ1) is 7.66. The molecule has 2 aromatic rings. The van der Waals surface area contributed by atoms with Gasteiger partial charge in [-0.15, -0.1) is 11.3 Å². The van der Waals surface area contributed by atoms with E-state index < -0.39 is 0 Å². The molecule has 2 heterocycles. The minimum atomic E-state index is 0.246. The molecule has 16 heavy (non-hydrogen) atoms. The Morgan fingerprint density at radius 2 is 2.44 bits per heavy atom. The fraction of sp³-hybridized carbons (Fsp3) is 0.364. The Hall–Kier alpha value is -0.650. The summed E-state index contributed by atoms with van der Waals surface area (Å²) in [6, 6.07) is 2.41. The third-order valence-corrected chi connectivity index (χ3v) is 4.56. The van der Waals surface area contributed by atoms with Gasteiger partial charge in [-0.1, -0.05) is 0 Å². The molecule has 1 atom stereocenters. The monoisotopic (exact) mass is 299 g/mol. The van der Waals surface area contributed by atoms with E-state index in [1.54, 1.807) is 6.20 Å². The summed E-state index contributed by atoms with van der Waals surface area (Å²) in [7, 11) is 0. The van der Waals surface area contributed by atoms with E-state index in [4.69, 9.17) is 0 Å². The molecule has 5 heteroatoms. The maximum Gasteiger partial charge on any atom is 0.122 e. The lowest BCUT2D eigenvalue weighted by molar-refractivity contribution is 0.554. The molecule has 2 N–H and O–H groups in total. The molecule has 0 saturated heterocycles. The lowest BCUT2D eigenvalue weighted by atomic mass is 10.3. The Labute approximate surface area is 107 Å². The first kappa shape index (κ1) is 11.8. The zero-order valence-corrected chi connectivity index (χ0v) is 11.7. The molecule has 1 unspecified atom stereocenters. The van der Waals surface area contributed by atoms with Crippen molar-refractivity contribution in [1.82, 2.24) is 15.3 Å². The average molecular weight is 300 g/mol. The van der Waals surface area contributed by atoms with Crippen molar-refractivity contribution in [2.75, 3.05) is 0 Å². The van der Waals surface area contributed by atoms with Crippen LogP contribution in [0.3, 0.4) is 0 Å². The van der Waals surface area contributed by atoms with Gasteiger partial charge in [0.05, 0.1) is 6.04 Å². The molecular weight excluding hydrogens is 286 g/mol. The van der Waals surface area contributed by atoms with Gasteiger partial charge < -0.3 is 10.3 Å². The summed E-state index contributed by atoms with van der Waals surface area (Å²) in [6.07, 6.45) is 3.62. The molecule has 0 aliphatic carbocycles. The van der Waals surface area contributed by atoms with Crippen LogP contribution >= 0.6 is 27.3 Å². The third-order valence-electron chi connectivity index (χ3n) is 2.42. The van der Waals surface area contributed by atoms with E-state index in [9.17, 15) is 0 Å². The molecule has 0 aliphatic heterocycles. The van der Waals surface area contributed by atoms with Gasteiger partial charge in [0.15, 0.2) is 0 Å². The highest BCUT2D eigenvalue weighted by Crippen LogP contribution is 2.26. The number of aromatic nitrogens is 2. The van der Waals surface area contributed by atoms with Crippen molar-refractivity contribution in [3.05, 3.63) is 38.5 Å². The molecule has 0 amide bonds. The Bertz CT molecular complexity index is 430. The van der Waals surface area contributed by atoms with Crippen LogP contribution < -0.4 is 5.32 Å². The van der Waals surface area contributed by atoms with Crippen molar-refractivity contribution in [1.29, 1.82) is 0 Å². The zero-order valence-electron chi connectivity index (χ0n) is 9.25. The van der Waals surface area contributed by atoms with Crippen LogP contribution in [0.1, 0.15) is 28.5 Å². The summed E-state index contributed by atoms with van der Waals surface area (Å²) in [4.78, 5) is 10.00. The van der Waals surface area contributed by atoms with E-state index in [0.29, 0.717) is 0 Å². The number of thiophene rings is 1. The summed E-state index contributed by atoms with van der Waals surface area (Å²) in [5, 5.41) is 3.44. The Kier molecular flexibility index (Phi) is 3.78. The van der Waals surface area contributed by atoms with E-state index >= 15 is 0 Å². The topological polar surface area (TPSA) is 40.7 Å². The lowest BCUT2D eigenvalue weighted by Gasteiger charge is -2.09. The molecule has 0 aliphatic rings. The van der Waals surface area contributed by atoms with E-state index in [1.165, 1.54) is 14.2 Å². The smallest absolute Gasteiger partial charge is 0.122 e. The predicted octanol–water partition coefficient (Wildman–Crippen LogP) is 3.39. The average Bonchev–Trinajstić information content (AvgIpc) is 2.86. The van der Waals surface area contributed by atoms with Crippen LogP contribution in [0, 0.1) is 6.92 Å². The molecule has 2 rings (SSSR count). The largest absolute Gasteiger partial charge is 0.347 e. The van der Waals surface area contributed by atoms with Gasteiger partial charge in [-0.3, -0.25) is 0 Å². The summed E-state index contributed by atoms with van der Waals surface area (Å²) in [6.45, 7) is 5.10. The Morgan fingerprint density at radius 3 is 3.00 bits per heavy atom. The van der Waals surface area contributed by atoms with Crippen molar-refractivity contribution >= 4 is 27.3 Å². The molecule has 0 fully saturated rings. The van der Waals surface area contributed by atoms with Gasteiger partial charge in [0.25, 0.3) is 0 Å². The second kappa shape index (κ2) is 5.12. The van der Waals surface area contributed by atoms with Crippen LogP contribution in [-0.4, -0.2) is 9.97 Å². The number of hydrogen-bond acceptors (Lipinski definition) is 3. The van der Waals surface area contributed by atoms with E-state index in [1.807, 2.05) is 17.5 Å². The van der Waals surface area contributed by atoms with E-state index in [2.05, 4.69) is 51.1 Å². The maximum atomic E-state index is 4.23. The number of rotatable bonds is 4. The highest BCUT2D eigenvalue weighted by Gasteiger charge is 2.08. The molecule has 3 nitrogen and oxygen atoms in total. The molecule has 0 saturated carbocycles.